The van der Waals surface area contributed by atoms with Gasteiger partial charge >= 0.3 is 5.97 Å². The molecule has 124 valence electrons. The number of ether oxygens (including phenoxy) is 2. The lowest BCUT2D eigenvalue weighted by Gasteiger charge is -2.24. The molecule has 23 heavy (non-hydrogen) atoms. The summed E-state index contributed by atoms with van der Waals surface area (Å²) < 4.78 is 11.1. The first kappa shape index (κ1) is 17.5. The van der Waals surface area contributed by atoms with Crippen LogP contribution in [0.15, 0.2) is 36.4 Å². The van der Waals surface area contributed by atoms with E-state index in [2.05, 4.69) is 6.07 Å². The molecule has 2 aromatic carbocycles. The van der Waals surface area contributed by atoms with Crippen LogP contribution in [0.4, 0.5) is 0 Å². The molecule has 0 unspecified atom stereocenters. The minimum absolute atomic E-state index is 0.198. The maximum Gasteiger partial charge on any atom is 0.316 e. The summed E-state index contributed by atoms with van der Waals surface area (Å²) in [7, 11) is 1.71. The number of fused-ring (bicyclic) bond motifs is 1. The summed E-state index contributed by atoms with van der Waals surface area (Å²) in [6, 6.07) is 11.9. The van der Waals surface area contributed by atoms with Gasteiger partial charge in [0.1, 0.15) is 5.75 Å². The third-order valence-corrected chi connectivity index (χ3v) is 4.66. The molecule has 0 N–H and O–H groups in total. The van der Waals surface area contributed by atoms with Crippen LogP contribution in [0.3, 0.4) is 0 Å². The number of esters is 1. The molecule has 0 spiro atoms. The third-order valence-electron chi connectivity index (χ3n) is 4.66. The van der Waals surface area contributed by atoms with Crippen molar-refractivity contribution in [3.05, 3.63) is 42.0 Å². The molecule has 0 heterocycles. The van der Waals surface area contributed by atoms with Crippen molar-refractivity contribution in [2.24, 2.45) is 5.41 Å². The van der Waals surface area contributed by atoms with Gasteiger partial charge in [-0.25, -0.2) is 0 Å². The quantitative estimate of drug-likeness (QED) is 0.571. The standard InChI is InChI=1S/C20H26O3/c1-7-19(2,3)18(21)23-17-11-9-14-12-16(20(4,5)22-6)10-8-15(14)13-17/h8-13H,7H2,1-6H3. The van der Waals surface area contributed by atoms with Crippen LogP contribution in [0.5, 0.6) is 5.75 Å². The van der Waals surface area contributed by atoms with Crippen LogP contribution < -0.4 is 4.74 Å². The summed E-state index contributed by atoms with van der Waals surface area (Å²) in [5, 5.41) is 2.14. The Balaban J connectivity index is 2.31. The monoisotopic (exact) mass is 314 g/mol. The zero-order chi connectivity index (χ0) is 17.3. The molecule has 0 aromatic heterocycles. The average molecular weight is 314 g/mol. The van der Waals surface area contributed by atoms with Gasteiger partial charge < -0.3 is 9.47 Å². The molecule has 2 rings (SSSR count). The molecule has 0 aliphatic heterocycles. The Morgan fingerprint density at radius 1 is 1.00 bits per heavy atom. The van der Waals surface area contributed by atoms with Crippen molar-refractivity contribution in [3.8, 4) is 5.75 Å². The largest absolute Gasteiger partial charge is 0.426 e. The van der Waals surface area contributed by atoms with Gasteiger partial charge in [0.05, 0.1) is 11.0 Å². The predicted octanol–water partition coefficient (Wildman–Crippen LogP) is 5.06. The maximum atomic E-state index is 12.2. The van der Waals surface area contributed by atoms with E-state index in [1.54, 1.807) is 7.11 Å². The van der Waals surface area contributed by atoms with E-state index in [0.29, 0.717) is 5.75 Å². The second-order valence-electron chi connectivity index (χ2n) is 7.07. The van der Waals surface area contributed by atoms with Crippen LogP contribution in [-0.2, 0) is 15.1 Å². The number of rotatable bonds is 5. The lowest BCUT2D eigenvalue weighted by Crippen LogP contribution is -2.28. The maximum absolute atomic E-state index is 12.2. The topological polar surface area (TPSA) is 35.5 Å². The van der Waals surface area contributed by atoms with E-state index in [-0.39, 0.29) is 11.6 Å². The summed E-state index contributed by atoms with van der Waals surface area (Å²) in [5.41, 5.74) is 0.315. The molecule has 2 aromatic rings. The number of hydrogen-bond acceptors (Lipinski definition) is 3. The van der Waals surface area contributed by atoms with Crippen molar-refractivity contribution >= 4 is 16.7 Å². The van der Waals surface area contributed by atoms with E-state index in [4.69, 9.17) is 9.47 Å². The molecule has 0 fully saturated rings. The fourth-order valence-electron chi connectivity index (χ4n) is 2.17. The van der Waals surface area contributed by atoms with E-state index in [1.807, 2.05) is 65.0 Å². The minimum Gasteiger partial charge on any atom is -0.426 e. The van der Waals surface area contributed by atoms with Crippen LogP contribution in [-0.4, -0.2) is 13.1 Å². The summed E-state index contributed by atoms with van der Waals surface area (Å²) >= 11 is 0. The SMILES string of the molecule is CCC(C)(C)C(=O)Oc1ccc2cc(C(C)(C)OC)ccc2c1. The first-order valence-corrected chi connectivity index (χ1v) is 8.01. The highest BCUT2D eigenvalue weighted by Gasteiger charge is 2.27. The van der Waals surface area contributed by atoms with Gasteiger partial charge in [0.2, 0.25) is 0 Å². The Morgan fingerprint density at radius 3 is 2.22 bits per heavy atom. The smallest absolute Gasteiger partial charge is 0.316 e. The molecule has 0 radical (unpaired) electrons. The van der Waals surface area contributed by atoms with Gasteiger partial charge in [-0.3, -0.25) is 4.79 Å². The van der Waals surface area contributed by atoms with Crippen LogP contribution >= 0.6 is 0 Å². The summed E-state index contributed by atoms with van der Waals surface area (Å²) in [6.07, 6.45) is 0.745. The lowest BCUT2D eigenvalue weighted by molar-refractivity contribution is -0.144. The zero-order valence-electron chi connectivity index (χ0n) is 14.9. The molecular weight excluding hydrogens is 288 g/mol. The highest BCUT2D eigenvalue weighted by atomic mass is 16.5. The number of hydrogen-bond donors (Lipinski definition) is 0. The van der Waals surface area contributed by atoms with E-state index in [0.717, 1.165) is 22.8 Å². The minimum atomic E-state index is -0.471. The van der Waals surface area contributed by atoms with Crippen molar-refractivity contribution < 1.29 is 14.3 Å². The first-order valence-electron chi connectivity index (χ1n) is 8.01. The third kappa shape index (κ3) is 3.73. The van der Waals surface area contributed by atoms with Crippen LogP contribution in [0.25, 0.3) is 10.8 Å². The van der Waals surface area contributed by atoms with Gasteiger partial charge in [0.25, 0.3) is 0 Å². The molecule has 0 saturated carbocycles. The first-order chi connectivity index (χ1) is 10.7. The Kier molecular flexibility index (Phi) is 4.81. The Labute approximate surface area is 138 Å². The normalized spacial score (nSPS) is 12.4. The van der Waals surface area contributed by atoms with Gasteiger partial charge in [-0.15, -0.1) is 0 Å². The Bertz CT molecular complexity index is 714. The van der Waals surface area contributed by atoms with Crippen LogP contribution in [0.1, 0.15) is 46.6 Å². The zero-order valence-corrected chi connectivity index (χ0v) is 14.9. The molecule has 0 aliphatic rings. The lowest BCUT2D eigenvalue weighted by atomic mass is 9.91. The molecular formula is C20H26O3. The predicted molar refractivity (Wildman–Crippen MR) is 93.7 cm³/mol. The van der Waals surface area contributed by atoms with Crippen molar-refractivity contribution in [2.75, 3.05) is 7.11 Å². The van der Waals surface area contributed by atoms with Crippen molar-refractivity contribution in [1.29, 1.82) is 0 Å². The van der Waals surface area contributed by atoms with Gasteiger partial charge in [-0.2, -0.15) is 0 Å². The van der Waals surface area contributed by atoms with Gasteiger partial charge in [0.15, 0.2) is 0 Å². The van der Waals surface area contributed by atoms with E-state index in [1.165, 1.54) is 0 Å². The van der Waals surface area contributed by atoms with Crippen molar-refractivity contribution in [3.63, 3.8) is 0 Å². The Morgan fingerprint density at radius 2 is 1.61 bits per heavy atom. The summed E-state index contributed by atoms with van der Waals surface area (Å²) in [4.78, 5) is 12.2. The fraction of sp³-hybridized carbons (Fsp3) is 0.450. The number of carbonyl (C=O) groups excluding carboxylic acids is 1. The summed E-state index contributed by atoms with van der Waals surface area (Å²) in [6.45, 7) is 9.86. The molecule has 0 bridgehead atoms. The van der Waals surface area contributed by atoms with Crippen LogP contribution in [0.2, 0.25) is 0 Å². The van der Waals surface area contributed by atoms with Gasteiger partial charge in [0, 0.05) is 7.11 Å². The molecule has 0 saturated heterocycles. The second kappa shape index (κ2) is 6.32. The molecule has 0 amide bonds. The number of methoxy groups -OCH3 is 1. The highest BCUT2D eigenvalue weighted by Crippen LogP contribution is 2.30. The van der Waals surface area contributed by atoms with Crippen LogP contribution in [0, 0.1) is 5.41 Å². The van der Waals surface area contributed by atoms with E-state index in [9.17, 15) is 4.79 Å². The summed E-state index contributed by atoms with van der Waals surface area (Å²) in [5.74, 6) is 0.388. The van der Waals surface area contributed by atoms with Crippen molar-refractivity contribution in [1.82, 2.24) is 0 Å². The number of benzene rings is 2. The van der Waals surface area contributed by atoms with Crippen molar-refractivity contribution in [2.45, 2.75) is 46.6 Å². The second-order valence-corrected chi connectivity index (χ2v) is 7.07. The average Bonchev–Trinajstić information content (AvgIpc) is 2.54. The molecule has 0 atom stereocenters. The molecule has 3 nitrogen and oxygen atoms in total. The van der Waals surface area contributed by atoms with E-state index >= 15 is 0 Å². The Hall–Kier alpha value is -1.87. The van der Waals surface area contributed by atoms with Gasteiger partial charge in [-0.1, -0.05) is 25.1 Å². The highest BCUT2D eigenvalue weighted by molar-refractivity contribution is 5.86. The van der Waals surface area contributed by atoms with E-state index < -0.39 is 5.41 Å². The number of carbonyl (C=O) groups is 1. The van der Waals surface area contributed by atoms with Gasteiger partial charge in [-0.05, 0) is 68.7 Å². The fourth-order valence-corrected chi connectivity index (χ4v) is 2.17. The molecule has 0 aliphatic carbocycles. The molecule has 3 heteroatoms.